The molecule has 0 heterocycles. The predicted molar refractivity (Wildman–Crippen MR) is 76.8 cm³/mol. The van der Waals surface area contributed by atoms with Gasteiger partial charge in [0.25, 0.3) is 0 Å². The van der Waals surface area contributed by atoms with Gasteiger partial charge in [0.05, 0.1) is 12.7 Å². The van der Waals surface area contributed by atoms with Crippen LogP contribution in [0.5, 0.6) is 5.75 Å². The van der Waals surface area contributed by atoms with E-state index < -0.39 is 0 Å². The van der Waals surface area contributed by atoms with Crippen LogP contribution in [-0.4, -0.2) is 17.8 Å². The first kappa shape index (κ1) is 13.9. The van der Waals surface area contributed by atoms with E-state index in [-0.39, 0.29) is 6.10 Å². The zero-order valence-corrected chi connectivity index (χ0v) is 12.2. The zero-order chi connectivity index (χ0) is 12.8. The summed E-state index contributed by atoms with van der Waals surface area (Å²) in [4.78, 5) is 0. The molecule has 0 radical (unpaired) electrons. The maximum absolute atomic E-state index is 10.0. The molecule has 2 atom stereocenters. The zero-order valence-electron chi connectivity index (χ0n) is 10.6. The van der Waals surface area contributed by atoms with Crippen LogP contribution in [0.2, 0.25) is 0 Å². The summed E-state index contributed by atoms with van der Waals surface area (Å²) in [6.07, 6.45) is 6.61. The van der Waals surface area contributed by atoms with E-state index in [9.17, 15) is 5.11 Å². The monoisotopic (exact) mass is 312 g/mol. The van der Waals surface area contributed by atoms with Crippen LogP contribution < -0.4 is 4.74 Å². The van der Waals surface area contributed by atoms with Gasteiger partial charge in [-0.2, -0.15) is 0 Å². The van der Waals surface area contributed by atoms with E-state index in [1.54, 1.807) is 0 Å². The maximum Gasteiger partial charge on any atom is 0.120 e. The molecule has 3 heteroatoms. The number of aliphatic hydroxyl groups is 1. The van der Waals surface area contributed by atoms with E-state index in [4.69, 9.17) is 4.74 Å². The Balaban J connectivity index is 1.77. The molecule has 1 aliphatic carbocycles. The molecule has 2 nitrogen and oxygen atoms in total. The lowest BCUT2D eigenvalue weighted by atomic mass is 9.94. The SMILES string of the molecule is OC1CCCCCC1CCOc1cccc(Br)c1. The normalized spacial score (nSPS) is 24.6. The number of aliphatic hydroxyl groups excluding tert-OH is 1. The van der Waals surface area contributed by atoms with E-state index in [1.165, 1.54) is 19.3 Å². The third-order valence-corrected chi connectivity index (χ3v) is 4.17. The topological polar surface area (TPSA) is 29.5 Å². The maximum atomic E-state index is 10.0. The van der Waals surface area contributed by atoms with Crippen molar-refractivity contribution in [2.75, 3.05) is 6.61 Å². The summed E-state index contributed by atoms with van der Waals surface area (Å²) < 4.78 is 6.77. The summed E-state index contributed by atoms with van der Waals surface area (Å²) in [5.74, 6) is 1.31. The van der Waals surface area contributed by atoms with Gasteiger partial charge in [-0.25, -0.2) is 0 Å². The van der Waals surface area contributed by atoms with Crippen LogP contribution in [0.3, 0.4) is 0 Å². The van der Waals surface area contributed by atoms with Gasteiger partial charge in [0.2, 0.25) is 0 Å². The molecule has 0 bridgehead atoms. The first-order valence-electron chi connectivity index (χ1n) is 6.82. The molecule has 0 aliphatic heterocycles. The van der Waals surface area contributed by atoms with Crippen molar-refractivity contribution in [1.82, 2.24) is 0 Å². The van der Waals surface area contributed by atoms with Gasteiger partial charge in [-0.15, -0.1) is 0 Å². The van der Waals surface area contributed by atoms with Gasteiger partial charge in [0.15, 0.2) is 0 Å². The second-order valence-corrected chi connectivity index (χ2v) is 5.98. The van der Waals surface area contributed by atoms with E-state index in [2.05, 4.69) is 15.9 Å². The van der Waals surface area contributed by atoms with E-state index in [1.807, 2.05) is 24.3 Å². The van der Waals surface area contributed by atoms with Crippen molar-refractivity contribution in [2.24, 2.45) is 5.92 Å². The van der Waals surface area contributed by atoms with Crippen LogP contribution in [0.4, 0.5) is 0 Å². The Morgan fingerprint density at radius 3 is 2.89 bits per heavy atom. The Labute approximate surface area is 117 Å². The smallest absolute Gasteiger partial charge is 0.120 e. The van der Waals surface area contributed by atoms with Crippen LogP contribution >= 0.6 is 15.9 Å². The quantitative estimate of drug-likeness (QED) is 0.846. The summed E-state index contributed by atoms with van der Waals surface area (Å²) >= 11 is 3.43. The molecule has 1 aromatic carbocycles. The van der Waals surface area contributed by atoms with Crippen molar-refractivity contribution in [1.29, 1.82) is 0 Å². The molecular formula is C15H21BrO2. The fourth-order valence-electron chi connectivity index (χ4n) is 2.59. The van der Waals surface area contributed by atoms with Crippen LogP contribution in [0.25, 0.3) is 0 Å². The lowest BCUT2D eigenvalue weighted by Gasteiger charge is -2.20. The third kappa shape index (κ3) is 4.29. The van der Waals surface area contributed by atoms with Crippen molar-refractivity contribution in [2.45, 2.75) is 44.6 Å². The van der Waals surface area contributed by atoms with Gasteiger partial charge in [-0.1, -0.05) is 41.3 Å². The highest BCUT2D eigenvalue weighted by molar-refractivity contribution is 9.10. The summed E-state index contributed by atoms with van der Waals surface area (Å²) in [5.41, 5.74) is 0. The van der Waals surface area contributed by atoms with Crippen LogP contribution in [0.1, 0.15) is 38.5 Å². The minimum Gasteiger partial charge on any atom is -0.494 e. The third-order valence-electron chi connectivity index (χ3n) is 3.67. The number of rotatable bonds is 4. The lowest BCUT2D eigenvalue weighted by molar-refractivity contribution is 0.0861. The minimum absolute atomic E-state index is 0.126. The first-order chi connectivity index (χ1) is 8.75. The Hall–Kier alpha value is -0.540. The molecule has 0 saturated heterocycles. The van der Waals surface area contributed by atoms with E-state index >= 15 is 0 Å². The molecule has 0 aromatic heterocycles. The van der Waals surface area contributed by atoms with Gasteiger partial charge in [0.1, 0.15) is 5.75 Å². The fraction of sp³-hybridized carbons (Fsp3) is 0.600. The molecule has 1 fully saturated rings. The number of hydrogen-bond acceptors (Lipinski definition) is 2. The van der Waals surface area contributed by atoms with Gasteiger partial charge in [-0.05, 0) is 43.4 Å². The largest absolute Gasteiger partial charge is 0.494 e. The van der Waals surface area contributed by atoms with Crippen molar-refractivity contribution >= 4 is 15.9 Å². The molecule has 2 unspecified atom stereocenters. The highest BCUT2D eigenvalue weighted by Gasteiger charge is 2.21. The average molecular weight is 313 g/mol. The summed E-state index contributed by atoms with van der Waals surface area (Å²) in [6.45, 7) is 0.693. The van der Waals surface area contributed by atoms with Crippen molar-refractivity contribution in [3.8, 4) is 5.75 Å². The van der Waals surface area contributed by atoms with Crippen LogP contribution in [0, 0.1) is 5.92 Å². The van der Waals surface area contributed by atoms with Gasteiger partial charge < -0.3 is 9.84 Å². The molecule has 100 valence electrons. The fourth-order valence-corrected chi connectivity index (χ4v) is 2.96. The average Bonchev–Trinajstić information content (AvgIpc) is 2.55. The van der Waals surface area contributed by atoms with Crippen LogP contribution in [-0.2, 0) is 0 Å². The molecule has 0 amide bonds. The van der Waals surface area contributed by atoms with E-state index in [0.717, 1.165) is 29.5 Å². The number of benzene rings is 1. The number of hydrogen-bond donors (Lipinski definition) is 1. The van der Waals surface area contributed by atoms with Gasteiger partial charge >= 0.3 is 0 Å². The van der Waals surface area contributed by atoms with Crippen molar-refractivity contribution < 1.29 is 9.84 Å². The molecule has 18 heavy (non-hydrogen) atoms. The highest BCUT2D eigenvalue weighted by atomic mass is 79.9. The van der Waals surface area contributed by atoms with Crippen molar-refractivity contribution in [3.05, 3.63) is 28.7 Å². The Kier molecular flexibility index (Phi) is 5.51. The number of halogens is 1. The molecule has 1 aromatic rings. The Morgan fingerprint density at radius 2 is 2.06 bits per heavy atom. The molecule has 1 saturated carbocycles. The van der Waals surface area contributed by atoms with Gasteiger partial charge in [-0.3, -0.25) is 0 Å². The summed E-state index contributed by atoms with van der Waals surface area (Å²) in [7, 11) is 0. The first-order valence-corrected chi connectivity index (χ1v) is 7.61. The molecule has 2 rings (SSSR count). The number of ether oxygens (including phenoxy) is 1. The predicted octanol–water partition coefficient (Wildman–Crippen LogP) is 4.16. The summed E-state index contributed by atoms with van der Waals surface area (Å²) in [5, 5.41) is 10.0. The minimum atomic E-state index is -0.126. The second-order valence-electron chi connectivity index (χ2n) is 5.06. The summed E-state index contributed by atoms with van der Waals surface area (Å²) in [6, 6.07) is 7.90. The molecule has 0 spiro atoms. The molecule has 1 N–H and O–H groups in total. The van der Waals surface area contributed by atoms with Crippen molar-refractivity contribution in [3.63, 3.8) is 0 Å². The molecular weight excluding hydrogens is 292 g/mol. The Morgan fingerprint density at radius 1 is 1.22 bits per heavy atom. The second kappa shape index (κ2) is 7.15. The molecule has 1 aliphatic rings. The van der Waals surface area contributed by atoms with E-state index in [0.29, 0.717) is 12.5 Å². The highest BCUT2D eigenvalue weighted by Crippen LogP contribution is 2.26. The standard InChI is InChI=1S/C15H21BrO2/c16-13-6-4-7-14(11-13)18-10-9-12-5-2-1-3-8-15(12)17/h4,6-7,11-12,15,17H,1-3,5,8-10H2. The Bertz CT molecular complexity index is 367. The van der Waals surface area contributed by atoms with Crippen LogP contribution in [0.15, 0.2) is 28.7 Å². The van der Waals surface area contributed by atoms with Gasteiger partial charge in [0, 0.05) is 4.47 Å². The lowest BCUT2D eigenvalue weighted by Crippen LogP contribution is -2.21.